The van der Waals surface area contributed by atoms with Crippen molar-refractivity contribution in [3.05, 3.63) is 12.2 Å². The van der Waals surface area contributed by atoms with Gasteiger partial charge in [0, 0.05) is 19.0 Å². The molecule has 1 heterocycles. The fraction of sp³-hybridized carbons (Fsp3) is 0.857. The number of rotatable bonds is 5. The molecule has 0 unspecified atom stereocenters. The molecule has 0 radical (unpaired) electrons. The topological polar surface area (TPSA) is 42.7 Å². The van der Waals surface area contributed by atoms with Crippen LogP contribution in [-0.2, 0) is 6.42 Å². The van der Waals surface area contributed by atoms with Crippen molar-refractivity contribution >= 4 is 0 Å². The predicted molar refractivity (Wildman–Crippen MR) is 73.6 cm³/mol. The molecule has 1 aliphatic rings. The van der Waals surface area contributed by atoms with Gasteiger partial charge in [0.2, 0.25) is 0 Å². The summed E-state index contributed by atoms with van der Waals surface area (Å²) >= 11 is 0. The Hall–Kier alpha value is -0.900. The molecule has 0 bridgehead atoms. The van der Waals surface area contributed by atoms with Gasteiger partial charge >= 0.3 is 0 Å². The minimum Gasteiger partial charge on any atom is -0.319 e. The van der Waals surface area contributed by atoms with E-state index in [0.717, 1.165) is 18.8 Å². The average Bonchev–Trinajstić information content (AvgIpc) is 2.78. The molecule has 18 heavy (non-hydrogen) atoms. The Morgan fingerprint density at radius 1 is 1.33 bits per heavy atom. The molecule has 1 aromatic rings. The lowest BCUT2D eigenvalue weighted by atomic mass is 9.71. The molecule has 102 valence electrons. The summed E-state index contributed by atoms with van der Waals surface area (Å²) in [6.07, 6.45) is 9.51. The molecule has 0 saturated heterocycles. The Morgan fingerprint density at radius 3 is 2.67 bits per heavy atom. The zero-order valence-corrected chi connectivity index (χ0v) is 11.9. The predicted octanol–water partition coefficient (Wildman–Crippen LogP) is 2.57. The van der Waals surface area contributed by atoms with Gasteiger partial charge in [-0.1, -0.05) is 19.3 Å². The lowest BCUT2D eigenvalue weighted by molar-refractivity contribution is 0.178. The second-order valence-electron chi connectivity index (χ2n) is 5.98. The van der Waals surface area contributed by atoms with Crippen LogP contribution in [0.15, 0.2) is 6.33 Å². The molecule has 0 aliphatic heterocycles. The van der Waals surface area contributed by atoms with Gasteiger partial charge in [-0.2, -0.15) is 5.10 Å². The Labute approximate surface area is 110 Å². The standard InChI is InChI=1S/C14H26N4/c1-12(2)18-13(16-11-17-18)9-14(10-15-3)7-5-4-6-8-14/h11-12,15H,4-10H2,1-3H3. The molecule has 1 aliphatic carbocycles. The van der Waals surface area contributed by atoms with Gasteiger partial charge in [-0.05, 0) is 39.2 Å². The quantitative estimate of drug-likeness (QED) is 0.873. The van der Waals surface area contributed by atoms with Gasteiger partial charge in [-0.25, -0.2) is 9.67 Å². The minimum absolute atomic E-state index is 0.396. The van der Waals surface area contributed by atoms with E-state index in [2.05, 4.69) is 41.0 Å². The van der Waals surface area contributed by atoms with Crippen LogP contribution in [-0.4, -0.2) is 28.4 Å². The van der Waals surface area contributed by atoms with Crippen molar-refractivity contribution in [2.45, 2.75) is 58.4 Å². The lowest BCUT2D eigenvalue weighted by Crippen LogP contribution is -2.37. The third kappa shape index (κ3) is 2.91. The van der Waals surface area contributed by atoms with Crippen LogP contribution in [0.1, 0.15) is 57.8 Å². The van der Waals surface area contributed by atoms with Crippen LogP contribution in [0.4, 0.5) is 0 Å². The van der Waals surface area contributed by atoms with Crippen molar-refractivity contribution in [2.24, 2.45) is 5.41 Å². The maximum Gasteiger partial charge on any atom is 0.138 e. The number of hydrogen-bond acceptors (Lipinski definition) is 3. The summed E-state index contributed by atoms with van der Waals surface area (Å²) in [5, 5.41) is 7.74. The van der Waals surface area contributed by atoms with E-state index in [1.54, 1.807) is 6.33 Å². The molecule has 2 rings (SSSR count). The molecule has 1 N–H and O–H groups in total. The van der Waals surface area contributed by atoms with Gasteiger partial charge < -0.3 is 5.32 Å². The van der Waals surface area contributed by atoms with Crippen molar-refractivity contribution in [1.82, 2.24) is 20.1 Å². The molecule has 4 nitrogen and oxygen atoms in total. The largest absolute Gasteiger partial charge is 0.319 e. The van der Waals surface area contributed by atoms with Crippen LogP contribution in [0.3, 0.4) is 0 Å². The van der Waals surface area contributed by atoms with E-state index in [9.17, 15) is 0 Å². The van der Waals surface area contributed by atoms with Gasteiger partial charge in [-0.3, -0.25) is 0 Å². The van der Waals surface area contributed by atoms with Crippen molar-refractivity contribution in [1.29, 1.82) is 0 Å². The third-order valence-corrected chi connectivity index (χ3v) is 4.14. The van der Waals surface area contributed by atoms with Gasteiger partial charge in [0.1, 0.15) is 12.2 Å². The maximum absolute atomic E-state index is 4.48. The maximum atomic E-state index is 4.48. The Balaban J connectivity index is 2.15. The molecule has 0 amide bonds. The summed E-state index contributed by atoms with van der Waals surface area (Å²) in [5.74, 6) is 1.15. The monoisotopic (exact) mass is 250 g/mol. The first-order valence-corrected chi connectivity index (χ1v) is 7.20. The van der Waals surface area contributed by atoms with Crippen molar-refractivity contribution in [2.75, 3.05) is 13.6 Å². The number of hydrogen-bond donors (Lipinski definition) is 1. The van der Waals surface area contributed by atoms with Crippen LogP contribution in [0, 0.1) is 5.41 Å². The van der Waals surface area contributed by atoms with Crippen LogP contribution >= 0.6 is 0 Å². The van der Waals surface area contributed by atoms with Crippen molar-refractivity contribution in [3.63, 3.8) is 0 Å². The number of aromatic nitrogens is 3. The first-order chi connectivity index (χ1) is 8.67. The van der Waals surface area contributed by atoms with Gasteiger partial charge in [0.25, 0.3) is 0 Å². The Morgan fingerprint density at radius 2 is 2.06 bits per heavy atom. The molecule has 0 spiro atoms. The molecular weight excluding hydrogens is 224 g/mol. The Bertz CT molecular complexity index is 358. The zero-order chi connectivity index (χ0) is 13.0. The highest BCUT2D eigenvalue weighted by Crippen LogP contribution is 2.38. The minimum atomic E-state index is 0.396. The second kappa shape index (κ2) is 5.83. The highest BCUT2D eigenvalue weighted by molar-refractivity contribution is 4.97. The summed E-state index contributed by atoms with van der Waals surface area (Å²) in [4.78, 5) is 4.48. The third-order valence-electron chi connectivity index (χ3n) is 4.14. The van der Waals surface area contributed by atoms with Gasteiger partial charge in [0.15, 0.2) is 0 Å². The van der Waals surface area contributed by atoms with Crippen LogP contribution < -0.4 is 5.32 Å². The zero-order valence-electron chi connectivity index (χ0n) is 11.9. The van der Waals surface area contributed by atoms with Gasteiger partial charge in [-0.15, -0.1) is 0 Å². The summed E-state index contributed by atoms with van der Waals surface area (Å²) in [5.41, 5.74) is 0.396. The summed E-state index contributed by atoms with van der Waals surface area (Å²) in [6, 6.07) is 0.401. The average molecular weight is 250 g/mol. The fourth-order valence-electron chi connectivity index (χ4n) is 3.26. The molecule has 4 heteroatoms. The van der Waals surface area contributed by atoms with Crippen LogP contribution in [0.2, 0.25) is 0 Å². The molecule has 1 fully saturated rings. The SMILES string of the molecule is CNCC1(Cc2ncnn2C(C)C)CCCCC1. The van der Waals surface area contributed by atoms with Gasteiger partial charge in [0.05, 0.1) is 0 Å². The van der Waals surface area contributed by atoms with Crippen molar-refractivity contribution in [3.8, 4) is 0 Å². The number of nitrogens with one attached hydrogen (secondary N) is 1. The summed E-state index contributed by atoms with van der Waals surface area (Å²) in [6.45, 7) is 5.44. The molecule has 1 aromatic heterocycles. The molecule has 1 saturated carbocycles. The van der Waals surface area contributed by atoms with Crippen LogP contribution in [0.5, 0.6) is 0 Å². The van der Waals surface area contributed by atoms with E-state index < -0.39 is 0 Å². The first-order valence-electron chi connectivity index (χ1n) is 7.20. The highest BCUT2D eigenvalue weighted by atomic mass is 15.3. The summed E-state index contributed by atoms with van der Waals surface area (Å²) < 4.78 is 2.08. The van der Waals surface area contributed by atoms with E-state index in [4.69, 9.17) is 0 Å². The molecule has 0 aromatic carbocycles. The first kappa shape index (κ1) is 13.5. The van der Waals surface area contributed by atoms with Crippen LogP contribution in [0.25, 0.3) is 0 Å². The smallest absolute Gasteiger partial charge is 0.138 e. The molecule has 0 atom stereocenters. The van der Waals surface area contributed by atoms with E-state index in [0.29, 0.717) is 11.5 Å². The van der Waals surface area contributed by atoms with E-state index in [1.165, 1.54) is 32.1 Å². The second-order valence-corrected chi connectivity index (χ2v) is 5.98. The highest BCUT2D eigenvalue weighted by Gasteiger charge is 2.33. The fourth-order valence-corrected chi connectivity index (χ4v) is 3.26. The summed E-state index contributed by atoms with van der Waals surface area (Å²) in [7, 11) is 2.06. The van der Waals surface area contributed by atoms with E-state index in [1.807, 2.05) is 0 Å². The Kier molecular flexibility index (Phi) is 4.38. The number of nitrogens with zero attached hydrogens (tertiary/aromatic N) is 3. The van der Waals surface area contributed by atoms with Crippen molar-refractivity contribution < 1.29 is 0 Å². The van der Waals surface area contributed by atoms with E-state index in [-0.39, 0.29) is 0 Å². The van der Waals surface area contributed by atoms with E-state index >= 15 is 0 Å². The normalized spacial score (nSPS) is 19.3. The molecular formula is C14H26N4. The lowest BCUT2D eigenvalue weighted by Gasteiger charge is -2.37.